The minimum Gasteiger partial charge on any atom is -0.480 e. The Labute approximate surface area is 198 Å². The predicted molar refractivity (Wildman–Crippen MR) is 125 cm³/mol. The molecule has 2 aliphatic rings. The molecule has 0 spiro atoms. The molecule has 2 aromatic carbocycles. The van der Waals surface area contributed by atoms with Gasteiger partial charge in [-0.3, -0.25) is 4.79 Å². The molecule has 1 heterocycles. The van der Waals surface area contributed by atoms with Gasteiger partial charge in [-0.05, 0) is 48.9 Å². The van der Waals surface area contributed by atoms with Crippen molar-refractivity contribution in [3.63, 3.8) is 0 Å². The summed E-state index contributed by atoms with van der Waals surface area (Å²) < 4.78 is 10.9. The first-order chi connectivity index (χ1) is 16.3. The smallest absolute Gasteiger partial charge is 0.407 e. The molecule has 2 N–H and O–H groups in total. The number of methoxy groups -OCH3 is 1. The van der Waals surface area contributed by atoms with E-state index in [0.717, 1.165) is 22.3 Å². The second kappa shape index (κ2) is 9.46. The van der Waals surface area contributed by atoms with Gasteiger partial charge in [0.2, 0.25) is 5.91 Å². The lowest BCUT2D eigenvalue weighted by atomic mass is 9.98. The number of aliphatic carboxylic acids is 1. The number of carbonyl (C=O) groups excluding carboxylic acids is 2. The van der Waals surface area contributed by atoms with E-state index < -0.39 is 35.7 Å². The number of amides is 2. The van der Waals surface area contributed by atoms with Crippen molar-refractivity contribution in [3.05, 3.63) is 59.7 Å². The van der Waals surface area contributed by atoms with Crippen LogP contribution in [0.15, 0.2) is 48.5 Å². The fourth-order valence-corrected chi connectivity index (χ4v) is 4.99. The Morgan fingerprint density at radius 3 is 2.26 bits per heavy atom. The molecule has 3 atom stereocenters. The number of hydrogen-bond acceptors (Lipinski definition) is 5. The first-order valence-corrected chi connectivity index (χ1v) is 11.5. The Hall–Kier alpha value is -3.39. The number of hydrogen-bond donors (Lipinski definition) is 2. The quantitative estimate of drug-likeness (QED) is 0.648. The van der Waals surface area contributed by atoms with Crippen molar-refractivity contribution < 1.29 is 29.0 Å². The molecule has 1 aliphatic carbocycles. The number of alkyl carbamates (subject to hydrolysis) is 1. The number of carbonyl (C=O) groups is 3. The molecular weight excluding hydrogens is 436 g/mol. The number of benzene rings is 2. The maximum absolute atomic E-state index is 13.3. The summed E-state index contributed by atoms with van der Waals surface area (Å²) in [6.07, 6.45) is -0.493. The highest BCUT2D eigenvalue weighted by Gasteiger charge is 2.48. The summed E-state index contributed by atoms with van der Waals surface area (Å²) in [7, 11) is 1.44. The van der Waals surface area contributed by atoms with E-state index in [-0.39, 0.29) is 12.5 Å². The second-order valence-corrected chi connectivity index (χ2v) is 9.06. The molecule has 0 saturated carbocycles. The number of nitrogens with one attached hydrogen (secondary N) is 1. The monoisotopic (exact) mass is 466 g/mol. The van der Waals surface area contributed by atoms with Crippen LogP contribution in [0.3, 0.4) is 0 Å². The van der Waals surface area contributed by atoms with Gasteiger partial charge in [-0.1, -0.05) is 48.5 Å². The molecule has 4 rings (SSSR count). The molecule has 34 heavy (non-hydrogen) atoms. The lowest BCUT2D eigenvalue weighted by Crippen LogP contribution is -2.60. The van der Waals surface area contributed by atoms with Crippen LogP contribution in [-0.4, -0.2) is 65.9 Å². The van der Waals surface area contributed by atoms with Crippen LogP contribution in [0.1, 0.15) is 43.7 Å². The maximum atomic E-state index is 13.3. The molecule has 180 valence electrons. The highest BCUT2D eigenvalue weighted by atomic mass is 16.5. The summed E-state index contributed by atoms with van der Waals surface area (Å²) in [5.41, 5.74) is 3.10. The molecule has 1 saturated heterocycles. The molecule has 2 aromatic rings. The van der Waals surface area contributed by atoms with Gasteiger partial charge in [0, 0.05) is 19.6 Å². The fraction of sp³-hybridized carbons (Fsp3) is 0.423. The molecule has 8 heteroatoms. The van der Waals surface area contributed by atoms with Gasteiger partial charge >= 0.3 is 12.1 Å². The largest absolute Gasteiger partial charge is 0.480 e. The number of rotatable bonds is 7. The average molecular weight is 467 g/mol. The van der Waals surface area contributed by atoms with Crippen LogP contribution in [0.2, 0.25) is 0 Å². The van der Waals surface area contributed by atoms with E-state index in [4.69, 9.17) is 9.47 Å². The summed E-state index contributed by atoms with van der Waals surface area (Å²) in [6, 6.07) is 15.0. The molecule has 1 fully saturated rings. The molecule has 0 radical (unpaired) electrons. The van der Waals surface area contributed by atoms with Crippen LogP contribution in [0, 0.1) is 0 Å². The van der Waals surface area contributed by atoms with Crippen LogP contribution in [0.4, 0.5) is 4.79 Å². The van der Waals surface area contributed by atoms with Gasteiger partial charge in [0.15, 0.2) is 0 Å². The van der Waals surface area contributed by atoms with Gasteiger partial charge in [-0.25, -0.2) is 9.59 Å². The van der Waals surface area contributed by atoms with Crippen molar-refractivity contribution in [1.82, 2.24) is 10.2 Å². The van der Waals surface area contributed by atoms with Gasteiger partial charge in [0.1, 0.15) is 18.2 Å². The molecule has 2 unspecified atom stereocenters. The third-order valence-electron chi connectivity index (χ3n) is 7.09. The zero-order valence-electron chi connectivity index (χ0n) is 19.6. The highest BCUT2D eigenvalue weighted by Crippen LogP contribution is 2.44. The Morgan fingerprint density at radius 1 is 1.12 bits per heavy atom. The minimum absolute atomic E-state index is 0.110. The Morgan fingerprint density at radius 2 is 1.71 bits per heavy atom. The van der Waals surface area contributed by atoms with E-state index >= 15 is 0 Å². The lowest BCUT2D eigenvalue weighted by molar-refractivity contribution is -0.157. The van der Waals surface area contributed by atoms with Crippen LogP contribution < -0.4 is 5.32 Å². The number of nitrogens with zero attached hydrogens (tertiary/aromatic N) is 1. The Bertz CT molecular complexity index is 1060. The number of likely N-dealkylation sites (tertiary alicyclic amines) is 1. The van der Waals surface area contributed by atoms with E-state index in [2.05, 4.69) is 17.4 Å². The summed E-state index contributed by atoms with van der Waals surface area (Å²) in [6.45, 7) is 3.60. The van der Waals surface area contributed by atoms with Crippen LogP contribution in [0.5, 0.6) is 0 Å². The first-order valence-electron chi connectivity index (χ1n) is 11.5. The summed E-state index contributed by atoms with van der Waals surface area (Å²) in [4.78, 5) is 39.2. The molecule has 8 nitrogen and oxygen atoms in total. The summed E-state index contributed by atoms with van der Waals surface area (Å²) in [5.74, 6) is -1.67. The van der Waals surface area contributed by atoms with Crippen molar-refractivity contribution >= 4 is 18.0 Å². The number of carboxylic acid groups (broad SMARTS) is 1. The fourth-order valence-electron chi connectivity index (χ4n) is 4.99. The van der Waals surface area contributed by atoms with E-state index in [0.29, 0.717) is 19.4 Å². The van der Waals surface area contributed by atoms with Crippen LogP contribution >= 0.6 is 0 Å². The van der Waals surface area contributed by atoms with Crippen molar-refractivity contribution in [2.75, 3.05) is 20.3 Å². The van der Waals surface area contributed by atoms with Gasteiger partial charge in [0.05, 0.1) is 6.10 Å². The van der Waals surface area contributed by atoms with Crippen molar-refractivity contribution in [2.45, 2.75) is 50.3 Å². The van der Waals surface area contributed by atoms with Crippen molar-refractivity contribution in [2.24, 2.45) is 0 Å². The third-order valence-corrected chi connectivity index (χ3v) is 7.09. The zero-order valence-corrected chi connectivity index (χ0v) is 19.6. The molecule has 2 amide bonds. The van der Waals surface area contributed by atoms with E-state index in [1.165, 1.54) is 18.9 Å². The zero-order chi connectivity index (χ0) is 24.5. The highest BCUT2D eigenvalue weighted by molar-refractivity contribution is 5.92. The molecule has 0 aromatic heterocycles. The van der Waals surface area contributed by atoms with E-state index in [1.807, 2.05) is 36.4 Å². The van der Waals surface area contributed by atoms with Gasteiger partial charge in [-0.2, -0.15) is 0 Å². The summed E-state index contributed by atoms with van der Waals surface area (Å²) >= 11 is 0. The van der Waals surface area contributed by atoms with Gasteiger partial charge in [0.25, 0.3) is 0 Å². The Kier molecular flexibility index (Phi) is 6.61. The number of ether oxygens (including phenoxy) is 2. The number of fused-ring (bicyclic) bond motifs is 3. The molecule has 1 aliphatic heterocycles. The summed E-state index contributed by atoms with van der Waals surface area (Å²) in [5, 5.41) is 12.3. The van der Waals surface area contributed by atoms with Crippen LogP contribution in [-0.2, 0) is 19.1 Å². The number of carboxylic acids is 1. The molecular formula is C26H30N2O6. The van der Waals surface area contributed by atoms with Gasteiger partial charge in [-0.15, -0.1) is 0 Å². The minimum atomic E-state index is -1.31. The SMILES string of the molecule is COC(C)C(NC(=O)OCC1c2ccccc2-c2ccccc21)C(=O)N1CCC[C@@]1(C)C(=O)O. The van der Waals surface area contributed by atoms with E-state index in [9.17, 15) is 19.5 Å². The Balaban J connectivity index is 1.47. The van der Waals surface area contributed by atoms with Crippen molar-refractivity contribution in [3.8, 4) is 11.1 Å². The first kappa shape index (κ1) is 23.8. The normalized spacial score (nSPS) is 20.9. The predicted octanol–water partition coefficient (Wildman–Crippen LogP) is 3.39. The van der Waals surface area contributed by atoms with Gasteiger partial charge < -0.3 is 24.8 Å². The maximum Gasteiger partial charge on any atom is 0.407 e. The average Bonchev–Trinajstić information content (AvgIpc) is 3.39. The third kappa shape index (κ3) is 4.14. The van der Waals surface area contributed by atoms with E-state index in [1.54, 1.807) is 6.92 Å². The lowest BCUT2D eigenvalue weighted by Gasteiger charge is -2.35. The topological polar surface area (TPSA) is 105 Å². The molecule has 0 bridgehead atoms. The van der Waals surface area contributed by atoms with Crippen LogP contribution in [0.25, 0.3) is 11.1 Å². The standard InChI is InChI=1S/C26H30N2O6/c1-16(33-3)22(23(29)28-14-8-13-26(28,2)24(30)31)27-25(32)34-15-21-19-11-6-4-9-17(19)18-10-5-7-12-20(18)21/h4-7,9-12,16,21-22H,8,13-15H2,1-3H3,(H,27,32)(H,30,31)/t16?,22?,26-/m0/s1. The van der Waals surface area contributed by atoms with Crippen molar-refractivity contribution in [1.29, 1.82) is 0 Å². The second-order valence-electron chi connectivity index (χ2n) is 9.06.